The van der Waals surface area contributed by atoms with Gasteiger partial charge < -0.3 is 14.6 Å². The van der Waals surface area contributed by atoms with Crippen LogP contribution in [0.2, 0.25) is 5.02 Å². The molecule has 2 aromatic carbocycles. The van der Waals surface area contributed by atoms with Gasteiger partial charge in [0.15, 0.2) is 11.5 Å². The van der Waals surface area contributed by atoms with Gasteiger partial charge in [0, 0.05) is 11.4 Å². The van der Waals surface area contributed by atoms with Gasteiger partial charge in [0.2, 0.25) is 0 Å². The van der Waals surface area contributed by atoms with E-state index in [2.05, 4.69) is 0 Å². The molecular formula is C17H17ClO3. The number of hydrogen-bond acceptors (Lipinski definition) is 3. The molecule has 21 heavy (non-hydrogen) atoms. The van der Waals surface area contributed by atoms with Gasteiger partial charge in [0.25, 0.3) is 0 Å². The van der Waals surface area contributed by atoms with Crippen molar-refractivity contribution in [3.63, 3.8) is 0 Å². The Morgan fingerprint density at radius 2 is 1.67 bits per heavy atom. The molecule has 1 aliphatic rings. The lowest BCUT2D eigenvalue weighted by atomic mass is 9.99. The molecule has 0 saturated heterocycles. The fraction of sp³-hybridized carbons (Fsp3) is 0.294. The third-order valence-corrected chi connectivity index (χ3v) is 4.01. The van der Waals surface area contributed by atoms with E-state index >= 15 is 0 Å². The lowest BCUT2D eigenvalue weighted by Gasteiger charge is -2.15. The Hall–Kier alpha value is -1.71. The maximum atomic E-state index is 10.5. The zero-order valence-electron chi connectivity index (χ0n) is 11.8. The number of aryl methyl sites for hydroxylation is 1. The summed E-state index contributed by atoms with van der Waals surface area (Å²) in [6.07, 6.45) is 0.154. The minimum Gasteiger partial charge on any atom is -0.490 e. The van der Waals surface area contributed by atoms with Gasteiger partial charge in [-0.25, -0.2) is 0 Å². The molecule has 0 amide bonds. The zero-order valence-corrected chi connectivity index (χ0v) is 12.6. The van der Waals surface area contributed by atoms with Gasteiger partial charge in [0.1, 0.15) is 6.10 Å². The highest BCUT2D eigenvalue weighted by atomic mass is 35.5. The van der Waals surface area contributed by atoms with Crippen molar-refractivity contribution >= 4 is 11.6 Å². The molecule has 0 fully saturated rings. The summed E-state index contributed by atoms with van der Waals surface area (Å²) in [6, 6.07) is 11.1. The van der Waals surface area contributed by atoms with Crippen LogP contribution in [0.5, 0.6) is 11.5 Å². The van der Waals surface area contributed by atoms with E-state index in [1.807, 2.05) is 37.3 Å². The van der Waals surface area contributed by atoms with Crippen LogP contribution >= 0.6 is 11.6 Å². The number of benzene rings is 2. The predicted molar refractivity (Wildman–Crippen MR) is 82.3 cm³/mol. The van der Waals surface area contributed by atoms with Crippen molar-refractivity contribution in [2.24, 2.45) is 0 Å². The second-order valence-corrected chi connectivity index (χ2v) is 5.58. The SMILES string of the molecule is Cc1cc(C(O)c2ccc3c(c2)OCCCO3)ccc1Cl. The van der Waals surface area contributed by atoms with E-state index in [1.54, 1.807) is 6.07 Å². The molecule has 0 bridgehead atoms. The summed E-state index contributed by atoms with van der Waals surface area (Å²) in [5.41, 5.74) is 2.54. The number of halogens is 1. The summed E-state index contributed by atoms with van der Waals surface area (Å²) in [5.74, 6) is 1.42. The average Bonchev–Trinajstić information content (AvgIpc) is 2.73. The van der Waals surface area contributed by atoms with Crippen LogP contribution < -0.4 is 9.47 Å². The van der Waals surface area contributed by atoms with Crippen LogP contribution in [-0.2, 0) is 0 Å². The largest absolute Gasteiger partial charge is 0.490 e. The summed E-state index contributed by atoms with van der Waals surface area (Å²) in [4.78, 5) is 0. The minimum absolute atomic E-state index is 0.632. The van der Waals surface area contributed by atoms with Gasteiger partial charge in [-0.1, -0.05) is 29.8 Å². The lowest BCUT2D eigenvalue weighted by molar-refractivity contribution is 0.219. The highest BCUT2D eigenvalue weighted by Gasteiger charge is 2.16. The van der Waals surface area contributed by atoms with E-state index in [9.17, 15) is 5.11 Å². The van der Waals surface area contributed by atoms with Crippen molar-refractivity contribution < 1.29 is 14.6 Å². The van der Waals surface area contributed by atoms with E-state index in [0.717, 1.165) is 28.9 Å². The van der Waals surface area contributed by atoms with Crippen LogP contribution in [0.4, 0.5) is 0 Å². The summed E-state index contributed by atoms with van der Waals surface area (Å²) < 4.78 is 11.3. The first-order valence-corrected chi connectivity index (χ1v) is 7.36. The molecule has 0 aliphatic carbocycles. The van der Waals surface area contributed by atoms with Crippen LogP contribution in [0.25, 0.3) is 0 Å². The molecule has 110 valence electrons. The number of ether oxygens (including phenoxy) is 2. The third-order valence-electron chi connectivity index (χ3n) is 3.59. The Bertz CT molecular complexity index is 654. The monoisotopic (exact) mass is 304 g/mol. The van der Waals surface area contributed by atoms with Crippen LogP contribution in [0, 0.1) is 6.92 Å². The molecular weight excluding hydrogens is 288 g/mol. The summed E-state index contributed by atoms with van der Waals surface area (Å²) in [5, 5.41) is 11.2. The normalized spacial score (nSPS) is 15.4. The van der Waals surface area contributed by atoms with E-state index in [1.165, 1.54) is 0 Å². The Balaban J connectivity index is 1.92. The smallest absolute Gasteiger partial charge is 0.161 e. The molecule has 0 radical (unpaired) electrons. The Morgan fingerprint density at radius 1 is 1.00 bits per heavy atom. The Morgan fingerprint density at radius 3 is 2.43 bits per heavy atom. The lowest BCUT2D eigenvalue weighted by Crippen LogP contribution is -2.01. The first kappa shape index (κ1) is 14.2. The molecule has 1 unspecified atom stereocenters. The van der Waals surface area contributed by atoms with Gasteiger partial charge in [-0.3, -0.25) is 0 Å². The highest BCUT2D eigenvalue weighted by molar-refractivity contribution is 6.31. The van der Waals surface area contributed by atoms with E-state index in [0.29, 0.717) is 24.0 Å². The van der Waals surface area contributed by atoms with Crippen molar-refractivity contribution in [2.75, 3.05) is 13.2 Å². The number of aliphatic hydroxyl groups is 1. The van der Waals surface area contributed by atoms with Crippen molar-refractivity contribution in [2.45, 2.75) is 19.4 Å². The highest BCUT2D eigenvalue weighted by Crippen LogP contribution is 2.34. The first-order chi connectivity index (χ1) is 10.1. The second-order valence-electron chi connectivity index (χ2n) is 5.17. The Labute approximate surface area is 129 Å². The van der Waals surface area contributed by atoms with Crippen LogP contribution in [0.3, 0.4) is 0 Å². The number of rotatable bonds is 2. The number of fused-ring (bicyclic) bond motifs is 1. The molecule has 0 spiro atoms. The molecule has 3 rings (SSSR count). The van der Waals surface area contributed by atoms with Gasteiger partial charge >= 0.3 is 0 Å². The zero-order chi connectivity index (χ0) is 14.8. The van der Waals surface area contributed by atoms with Crippen LogP contribution in [0.15, 0.2) is 36.4 Å². The maximum absolute atomic E-state index is 10.5. The number of aliphatic hydroxyl groups excluding tert-OH is 1. The fourth-order valence-corrected chi connectivity index (χ4v) is 2.50. The maximum Gasteiger partial charge on any atom is 0.161 e. The van der Waals surface area contributed by atoms with Crippen LogP contribution in [0.1, 0.15) is 29.2 Å². The Kier molecular flexibility index (Phi) is 4.04. The predicted octanol–water partition coefficient (Wildman–Crippen LogP) is 3.89. The van der Waals surface area contributed by atoms with Gasteiger partial charge in [-0.15, -0.1) is 0 Å². The van der Waals surface area contributed by atoms with Gasteiger partial charge in [-0.2, -0.15) is 0 Å². The topological polar surface area (TPSA) is 38.7 Å². The first-order valence-electron chi connectivity index (χ1n) is 6.99. The summed E-state index contributed by atoms with van der Waals surface area (Å²) >= 11 is 6.03. The summed E-state index contributed by atoms with van der Waals surface area (Å²) in [7, 11) is 0. The molecule has 2 aromatic rings. The molecule has 0 saturated carbocycles. The third kappa shape index (κ3) is 2.99. The van der Waals surface area contributed by atoms with Crippen molar-refractivity contribution in [1.82, 2.24) is 0 Å². The molecule has 3 nitrogen and oxygen atoms in total. The summed E-state index contributed by atoms with van der Waals surface area (Å²) in [6.45, 7) is 3.21. The molecule has 1 atom stereocenters. The van der Waals surface area contributed by atoms with E-state index < -0.39 is 6.10 Å². The quantitative estimate of drug-likeness (QED) is 0.915. The number of hydrogen-bond donors (Lipinski definition) is 1. The molecule has 1 aliphatic heterocycles. The molecule has 4 heteroatoms. The van der Waals surface area contributed by atoms with Crippen LogP contribution in [-0.4, -0.2) is 18.3 Å². The second kappa shape index (κ2) is 5.96. The van der Waals surface area contributed by atoms with Crippen molar-refractivity contribution in [3.05, 3.63) is 58.1 Å². The van der Waals surface area contributed by atoms with Crippen molar-refractivity contribution in [3.8, 4) is 11.5 Å². The van der Waals surface area contributed by atoms with E-state index in [-0.39, 0.29) is 0 Å². The standard InChI is InChI=1S/C17H17ClO3/c1-11-9-12(3-5-14(11)18)17(19)13-4-6-15-16(10-13)21-8-2-7-20-15/h3-6,9-10,17,19H,2,7-8H2,1H3. The van der Waals surface area contributed by atoms with Gasteiger partial charge in [0.05, 0.1) is 13.2 Å². The molecule has 1 N–H and O–H groups in total. The molecule has 1 heterocycles. The molecule has 0 aromatic heterocycles. The van der Waals surface area contributed by atoms with Gasteiger partial charge in [-0.05, 0) is 41.8 Å². The average molecular weight is 305 g/mol. The minimum atomic E-state index is -0.710. The van der Waals surface area contributed by atoms with E-state index in [4.69, 9.17) is 21.1 Å². The fourth-order valence-electron chi connectivity index (χ4n) is 2.38. The van der Waals surface area contributed by atoms with Crippen molar-refractivity contribution in [1.29, 1.82) is 0 Å².